The van der Waals surface area contributed by atoms with Gasteiger partial charge in [-0.05, 0) is 53.4 Å². The molecule has 1 aromatic rings. The zero-order chi connectivity index (χ0) is 8.60. The Morgan fingerprint density at radius 3 is 2.67 bits per heavy atom. The lowest BCUT2D eigenvalue weighted by Gasteiger charge is -2.37. The number of rotatable bonds is 2. The van der Waals surface area contributed by atoms with Gasteiger partial charge < -0.3 is 4.74 Å². The lowest BCUT2D eigenvalue weighted by molar-refractivity contribution is -0.0839. The summed E-state index contributed by atoms with van der Waals surface area (Å²) < 4.78 is 10.7. The molecule has 0 spiro atoms. The molecule has 1 aromatic heterocycles. The Kier molecular flexibility index (Phi) is 2.35. The number of methoxy groups -OCH3 is 1. The largest absolute Gasteiger partial charge is 0.370 e. The summed E-state index contributed by atoms with van der Waals surface area (Å²) in [4.78, 5) is 4.34. The fourth-order valence-electron chi connectivity index (χ4n) is 1.41. The van der Waals surface area contributed by atoms with E-state index in [4.69, 9.17) is 4.74 Å². The van der Waals surface area contributed by atoms with Crippen LogP contribution in [0.5, 0.6) is 0 Å². The van der Waals surface area contributed by atoms with Crippen LogP contribution in [0, 0.1) is 3.01 Å². The summed E-state index contributed by atoms with van der Waals surface area (Å²) in [6, 6.07) is 0. The van der Waals surface area contributed by atoms with Crippen molar-refractivity contribution in [1.82, 2.24) is 9.36 Å². The quantitative estimate of drug-likeness (QED) is 0.785. The van der Waals surface area contributed by atoms with Crippen LogP contribution in [-0.2, 0) is 10.3 Å². The highest BCUT2D eigenvalue weighted by Gasteiger charge is 2.42. The molecule has 12 heavy (non-hydrogen) atoms. The highest BCUT2D eigenvalue weighted by Crippen LogP contribution is 2.43. The summed E-state index contributed by atoms with van der Waals surface area (Å²) in [5.41, 5.74) is -0.139. The first-order valence-corrected chi connectivity index (χ1v) is 5.67. The predicted molar refractivity (Wildman–Crippen MR) is 55.2 cm³/mol. The van der Waals surface area contributed by atoms with Crippen LogP contribution in [0.4, 0.5) is 0 Å². The lowest BCUT2D eigenvalue weighted by atomic mass is 9.79. The maximum absolute atomic E-state index is 5.45. The number of halogens is 1. The van der Waals surface area contributed by atoms with Gasteiger partial charge in [0.15, 0.2) is 8.84 Å². The van der Waals surface area contributed by atoms with Gasteiger partial charge in [-0.15, -0.1) is 0 Å². The minimum atomic E-state index is -0.139. The van der Waals surface area contributed by atoms with E-state index in [-0.39, 0.29) is 5.60 Å². The molecule has 1 aliphatic carbocycles. The molecule has 1 fully saturated rings. The Morgan fingerprint density at radius 2 is 2.33 bits per heavy atom. The second-order valence-corrected chi connectivity index (χ2v) is 5.43. The molecule has 1 heterocycles. The molecular formula is C7H9IN2OS. The van der Waals surface area contributed by atoms with Crippen LogP contribution in [-0.4, -0.2) is 16.5 Å². The topological polar surface area (TPSA) is 35.0 Å². The first-order chi connectivity index (χ1) is 5.77. The molecular weight excluding hydrogens is 287 g/mol. The smallest absolute Gasteiger partial charge is 0.175 e. The van der Waals surface area contributed by atoms with Crippen LogP contribution in [0.1, 0.15) is 25.1 Å². The number of nitrogens with zero attached hydrogens (tertiary/aromatic N) is 2. The molecule has 66 valence electrons. The molecule has 0 aliphatic heterocycles. The van der Waals surface area contributed by atoms with Crippen molar-refractivity contribution in [1.29, 1.82) is 0 Å². The third-order valence-corrected chi connectivity index (χ3v) is 3.70. The van der Waals surface area contributed by atoms with Gasteiger partial charge in [-0.1, -0.05) is 0 Å². The molecule has 0 saturated heterocycles. The molecule has 2 rings (SSSR count). The number of aromatic nitrogens is 2. The molecule has 1 aliphatic rings. The third kappa shape index (κ3) is 1.27. The molecule has 1 saturated carbocycles. The summed E-state index contributed by atoms with van der Waals surface area (Å²) >= 11 is 3.63. The number of hydrogen-bond donors (Lipinski definition) is 0. The van der Waals surface area contributed by atoms with Crippen molar-refractivity contribution in [2.24, 2.45) is 0 Å². The van der Waals surface area contributed by atoms with Crippen molar-refractivity contribution in [2.45, 2.75) is 24.9 Å². The van der Waals surface area contributed by atoms with E-state index in [0.717, 1.165) is 21.7 Å². The summed E-state index contributed by atoms with van der Waals surface area (Å²) in [6.45, 7) is 0. The van der Waals surface area contributed by atoms with Gasteiger partial charge in [0.25, 0.3) is 0 Å². The van der Waals surface area contributed by atoms with Crippen molar-refractivity contribution in [2.75, 3.05) is 7.11 Å². The van der Waals surface area contributed by atoms with Gasteiger partial charge in [0, 0.05) is 7.11 Å². The van der Waals surface area contributed by atoms with Gasteiger partial charge in [0.1, 0.15) is 5.60 Å². The fraction of sp³-hybridized carbons (Fsp3) is 0.714. The predicted octanol–water partition coefficient (Wildman–Crippen LogP) is 2.17. The van der Waals surface area contributed by atoms with Crippen molar-refractivity contribution in [3.8, 4) is 0 Å². The highest BCUT2D eigenvalue weighted by atomic mass is 127. The molecule has 0 aromatic carbocycles. The van der Waals surface area contributed by atoms with E-state index in [9.17, 15) is 0 Å². The van der Waals surface area contributed by atoms with Crippen LogP contribution in [0.25, 0.3) is 0 Å². The summed E-state index contributed by atoms with van der Waals surface area (Å²) in [5.74, 6) is 0.880. The van der Waals surface area contributed by atoms with Gasteiger partial charge >= 0.3 is 0 Å². The molecule has 0 amide bonds. The van der Waals surface area contributed by atoms with Gasteiger partial charge in [-0.2, -0.15) is 4.37 Å². The molecule has 0 atom stereocenters. The van der Waals surface area contributed by atoms with Crippen molar-refractivity contribution in [3.05, 3.63) is 8.84 Å². The normalized spacial score (nSPS) is 20.5. The molecule has 0 unspecified atom stereocenters. The van der Waals surface area contributed by atoms with Crippen LogP contribution in [0.2, 0.25) is 0 Å². The minimum absolute atomic E-state index is 0.139. The lowest BCUT2D eigenvalue weighted by Crippen LogP contribution is -2.37. The van der Waals surface area contributed by atoms with Crippen LogP contribution in [0.3, 0.4) is 0 Å². The fourth-order valence-corrected chi connectivity index (χ4v) is 2.43. The van der Waals surface area contributed by atoms with Crippen LogP contribution < -0.4 is 0 Å². The van der Waals surface area contributed by atoms with Crippen molar-refractivity contribution >= 4 is 34.1 Å². The zero-order valence-electron chi connectivity index (χ0n) is 6.71. The monoisotopic (exact) mass is 296 g/mol. The number of hydrogen-bond acceptors (Lipinski definition) is 4. The van der Waals surface area contributed by atoms with Gasteiger partial charge in [0.2, 0.25) is 0 Å². The highest BCUT2D eigenvalue weighted by molar-refractivity contribution is 14.1. The summed E-state index contributed by atoms with van der Waals surface area (Å²) in [6.07, 6.45) is 3.36. The van der Waals surface area contributed by atoms with E-state index in [1.165, 1.54) is 18.0 Å². The van der Waals surface area contributed by atoms with Crippen LogP contribution >= 0.6 is 34.1 Å². The summed E-state index contributed by atoms with van der Waals surface area (Å²) in [7, 11) is 1.74. The van der Waals surface area contributed by atoms with Crippen molar-refractivity contribution in [3.63, 3.8) is 0 Å². The first kappa shape index (κ1) is 8.83. The number of ether oxygens (including phenoxy) is 1. The van der Waals surface area contributed by atoms with E-state index < -0.39 is 0 Å². The van der Waals surface area contributed by atoms with Crippen molar-refractivity contribution < 1.29 is 4.74 Å². The Hall–Kier alpha value is 0.250. The third-order valence-electron chi connectivity index (χ3n) is 2.36. The van der Waals surface area contributed by atoms with Crippen LogP contribution in [0.15, 0.2) is 0 Å². The maximum Gasteiger partial charge on any atom is 0.175 e. The Balaban J connectivity index is 2.27. The first-order valence-electron chi connectivity index (χ1n) is 3.82. The Morgan fingerprint density at radius 1 is 1.58 bits per heavy atom. The molecule has 0 radical (unpaired) electrons. The molecule has 0 N–H and O–H groups in total. The average Bonchev–Trinajstić information content (AvgIpc) is 2.35. The standard InChI is InChI=1S/C7H9IN2OS/c1-11-7(3-2-4-7)5-9-6(8)12-10-5/h2-4H2,1H3. The van der Waals surface area contributed by atoms with E-state index in [1.54, 1.807) is 7.11 Å². The molecule has 5 heteroatoms. The van der Waals surface area contributed by atoms with E-state index in [0.29, 0.717) is 0 Å². The molecule has 3 nitrogen and oxygen atoms in total. The van der Waals surface area contributed by atoms with E-state index in [2.05, 4.69) is 31.9 Å². The zero-order valence-corrected chi connectivity index (χ0v) is 9.68. The van der Waals surface area contributed by atoms with E-state index in [1.807, 2.05) is 0 Å². The SMILES string of the molecule is COC1(c2nsc(I)n2)CCC1. The second-order valence-electron chi connectivity index (χ2n) is 2.92. The Labute approximate surface area is 88.8 Å². The average molecular weight is 296 g/mol. The van der Waals surface area contributed by atoms with E-state index >= 15 is 0 Å². The van der Waals surface area contributed by atoms with Gasteiger partial charge in [0.05, 0.1) is 0 Å². The minimum Gasteiger partial charge on any atom is -0.370 e. The molecule has 0 bridgehead atoms. The van der Waals surface area contributed by atoms with Gasteiger partial charge in [-0.25, -0.2) is 4.98 Å². The Bertz CT molecular complexity index is 279. The van der Waals surface area contributed by atoms with Gasteiger partial charge in [-0.3, -0.25) is 0 Å². The maximum atomic E-state index is 5.45. The summed E-state index contributed by atoms with van der Waals surface area (Å²) in [5, 5.41) is 0. The second kappa shape index (κ2) is 3.19.